The molecule has 0 spiro atoms. The average molecular weight is 258 g/mol. The van der Waals surface area contributed by atoms with Gasteiger partial charge in [-0.1, -0.05) is 13.0 Å². The van der Waals surface area contributed by atoms with Crippen LogP contribution in [0.1, 0.15) is 28.5 Å². The van der Waals surface area contributed by atoms with Gasteiger partial charge in [0.1, 0.15) is 5.82 Å². The fraction of sp³-hybridized carbons (Fsp3) is 0.200. The monoisotopic (exact) mass is 258 g/mol. The third-order valence-corrected chi connectivity index (χ3v) is 2.89. The topological polar surface area (TPSA) is 42.0 Å². The van der Waals surface area contributed by atoms with Crippen LogP contribution in [0, 0.1) is 5.82 Å². The van der Waals surface area contributed by atoms with E-state index in [-0.39, 0.29) is 11.7 Å². The molecule has 19 heavy (non-hydrogen) atoms. The molecule has 1 aromatic carbocycles. The van der Waals surface area contributed by atoms with Gasteiger partial charge in [0, 0.05) is 11.8 Å². The number of nitrogens with zero attached hydrogens (tertiary/aromatic N) is 1. The molecule has 0 saturated heterocycles. The molecule has 1 heterocycles. The molecule has 1 amide bonds. The SMILES string of the molecule is CCc1cccnc1CNC(=O)c1ccc(F)cc1. The third kappa shape index (κ3) is 3.37. The smallest absolute Gasteiger partial charge is 0.251 e. The summed E-state index contributed by atoms with van der Waals surface area (Å²) < 4.78 is 12.8. The molecule has 0 saturated carbocycles. The van der Waals surface area contributed by atoms with Crippen molar-refractivity contribution in [1.29, 1.82) is 0 Å². The number of carbonyl (C=O) groups excluding carboxylic acids is 1. The third-order valence-electron chi connectivity index (χ3n) is 2.89. The summed E-state index contributed by atoms with van der Waals surface area (Å²) in [6.45, 7) is 2.42. The summed E-state index contributed by atoms with van der Waals surface area (Å²) >= 11 is 0. The van der Waals surface area contributed by atoms with Gasteiger partial charge in [-0.3, -0.25) is 9.78 Å². The molecule has 0 bridgehead atoms. The fourth-order valence-electron chi connectivity index (χ4n) is 1.82. The number of amides is 1. The summed E-state index contributed by atoms with van der Waals surface area (Å²) in [7, 11) is 0. The van der Waals surface area contributed by atoms with Gasteiger partial charge >= 0.3 is 0 Å². The summed E-state index contributed by atoms with van der Waals surface area (Å²) in [5.74, 6) is -0.581. The number of benzene rings is 1. The first-order valence-electron chi connectivity index (χ1n) is 6.17. The van der Waals surface area contributed by atoms with Gasteiger partial charge in [0.15, 0.2) is 0 Å². The molecule has 0 radical (unpaired) electrons. The zero-order chi connectivity index (χ0) is 13.7. The Labute approximate surface area is 111 Å². The van der Waals surface area contributed by atoms with E-state index >= 15 is 0 Å². The van der Waals surface area contributed by atoms with Crippen molar-refractivity contribution in [3.8, 4) is 0 Å². The lowest BCUT2D eigenvalue weighted by atomic mass is 10.1. The number of nitrogens with one attached hydrogen (secondary N) is 1. The van der Waals surface area contributed by atoms with E-state index in [1.165, 1.54) is 24.3 Å². The first-order valence-corrected chi connectivity index (χ1v) is 6.17. The lowest BCUT2D eigenvalue weighted by Gasteiger charge is -2.08. The number of halogens is 1. The lowest BCUT2D eigenvalue weighted by Crippen LogP contribution is -2.23. The van der Waals surface area contributed by atoms with Gasteiger partial charge in [0.2, 0.25) is 0 Å². The van der Waals surface area contributed by atoms with Crippen LogP contribution in [0.15, 0.2) is 42.6 Å². The highest BCUT2D eigenvalue weighted by Gasteiger charge is 2.07. The minimum Gasteiger partial charge on any atom is -0.346 e. The average Bonchev–Trinajstić information content (AvgIpc) is 2.45. The molecule has 3 nitrogen and oxygen atoms in total. The van der Waals surface area contributed by atoms with E-state index in [1.807, 2.05) is 19.1 Å². The molecule has 4 heteroatoms. The van der Waals surface area contributed by atoms with Crippen LogP contribution in [-0.4, -0.2) is 10.9 Å². The van der Waals surface area contributed by atoms with Gasteiger partial charge in [-0.25, -0.2) is 4.39 Å². The van der Waals surface area contributed by atoms with Crippen molar-refractivity contribution in [2.45, 2.75) is 19.9 Å². The molecule has 2 aromatic rings. The van der Waals surface area contributed by atoms with Gasteiger partial charge < -0.3 is 5.32 Å². The first kappa shape index (κ1) is 13.2. The highest BCUT2D eigenvalue weighted by atomic mass is 19.1. The van der Waals surface area contributed by atoms with E-state index in [9.17, 15) is 9.18 Å². The second kappa shape index (κ2) is 6.09. The van der Waals surface area contributed by atoms with Crippen molar-refractivity contribution in [1.82, 2.24) is 10.3 Å². The molecule has 98 valence electrons. The van der Waals surface area contributed by atoms with E-state index in [2.05, 4.69) is 10.3 Å². The van der Waals surface area contributed by atoms with Crippen molar-refractivity contribution in [3.05, 3.63) is 65.2 Å². The molecular weight excluding hydrogens is 243 g/mol. The number of aryl methyl sites for hydroxylation is 1. The van der Waals surface area contributed by atoms with Crippen LogP contribution in [0.3, 0.4) is 0 Å². The standard InChI is InChI=1S/C15H15FN2O/c1-2-11-4-3-9-17-14(11)10-18-15(19)12-5-7-13(16)8-6-12/h3-9H,2,10H2,1H3,(H,18,19). The Morgan fingerprint density at radius 1 is 1.26 bits per heavy atom. The molecule has 1 aromatic heterocycles. The van der Waals surface area contributed by atoms with Crippen LogP contribution < -0.4 is 5.32 Å². The molecule has 0 aliphatic heterocycles. The second-order valence-corrected chi connectivity index (χ2v) is 4.15. The van der Waals surface area contributed by atoms with E-state index < -0.39 is 0 Å². The highest BCUT2D eigenvalue weighted by molar-refractivity contribution is 5.94. The summed E-state index contributed by atoms with van der Waals surface area (Å²) in [4.78, 5) is 16.1. The normalized spacial score (nSPS) is 10.2. The fourth-order valence-corrected chi connectivity index (χ4v) is 1.82. The van der Waals surface area contributed by atoms with Gasteiger partial charge in [0.25, 0.3) is 5.91 Å². The number of aromatic nitrogens is 1. The Hall–Kier alpha value is -2.23. The Bertz CT molecular complexity index is 567. The number of hydrogen-bond donors (Lipinski definition) is 1. The summed E-state index contributed by atoms with van der Waals surface area (Å²) in [5, 5.41) is 2.79. The summed E-state index contributed by atoms with van der Waals surface area (Å²) in [6.07, 6.45) is 2.58. The van der Waals surface area contributed by atoms with Gasteiger partial charge in [0.05, 0.1) is 12.2 Å². The largest absolute Gasteiger partial charge is 0.346 e. The maximum absolute atomic E-state index is 12.8. The van der Waals surface area contributed by atoms with Crippen LogP contribution in [0.4, 0.5) is 4.39 Å². The maximum atomic E-state index is 12.8. The Balaban J connectivity index is 2.02. The van der Waals surface area contributed by atoms with Crippen LogP contribution >= 0.6 is 0 Å². The Kier molecular flexibility index (Phi) is 4.23. The summed E-state index contributed by atoms with van der Waals surface area (Å²) in [5.41, 5.74) is 2.41. The van der Waals surface area contributed by atoms with E-state index in [4.69, 9.17) is 0 Å². The van der Waals surface area contributed by atoms with Crippen molar-refractivity contribution in [2.24, 2.45) is 0 Å². The molecule has 0 aliphatic carbocycles. The predicted octanol–water partition coefficient (Wildman–Crippen LogP) is 2.71. The second-order valence-electron chi connectivity index (χ2n) is 4.15. The zero-order valence-corrected chi connectivity index (χ0v) is 10.7. The van der Waals surface area contributed by atoms with Gasteiger partial charge in [-0.2, -0.15) is 0 Å². The molecule has 0 aliphatic rings. The molecule has 0 atom stereocenters. The molecule has 0 fully saturated rings. The summed E-state index contributed by atoms with van der Waals surface area (Å²) in [6, 6.07) is 9.34. The Morgan fingerprint density at radius 3 is 2.68 bits per heavy atom. The predicted molar refractivity (Wildman–Crippen MR) is 71.2 cm³/mol. The molecular formula is C15H15FN2O. The molecule has 2 rings (SSSR count). The minimum absolute atomic E-state index is 0.229. The quantitative estimate of drug-likeness (QED) is 0.916. The van der Waals surface area contributed by atoms with Crippen molar-refractivity contribution < 1.29 is 9.18 Å². The molecule has 0 unspecified atom stereocenters. The first-order chi connectivity index (χ1) is 9.20. The number of pyridine rings is 1. The number of carbonyl (C=O) groups is 1. The van der Waals surface area contributed by atoms with Crippen LogP contribution in [0.5, 0.6) is 0 Å². The van der Waals surface area contributed by atoms with E-state index in [0.717, 1.165) is 17.7 Å². The van der Waals surface area contributed by atoms with Crippen molar-refractivity contribution in [3.63, 3.8) is 0 Å². The van der Waals surface area contributed by atoms with Crippen molar-refractivity contribution >= 4 is 5.91 Å². The zero-order valence-electron chi connectivity index (χ0n) is 10.7. The number of rotatable bonds is 4. The molecule has 1 N–H and O–H groups in total. The van der Waals surface area contributed by atoms with Crippen LogP contribution in [0.2, 0.25) is 0 Å². The maximum Gasteiger partial charge on any atom is 0.251 e. The highest BCUT2D eigenvalue weighted by Crippen LogP contribution is 2.07. The van der Waals surface area contributed by atoms with E-state index in [1.54, 1.807) is 6.20 Å². The Morgan fingerprint density at radius 2 is 2.00 bits per heavy atom. The van der Waals surface area contributed by atoms with Crippen LogP contribution in [-0.2, 0) is 13.0 Å². The lowest BCUT2D eigenvalue weighted by molar-refractivity contribution is 0.0950. The van der Waals surface area contributed by atoms with Gasteiger partial charge in [-0.15, -0.1) is 0 Å². The van der Waals surface area contributed by atoms with E-state index in [0.29, 0.717) is 12.1 Å². The minimum atomic E-state index is -0.352. The van der Waals surface area contributed by atoms with Crippen molar-refractivity contribution in [2.75, 3.05) is 0 Å². The number of hydrogen-bond acceptors (Lipinski definition) is 2. The van der Waals surface area contributed by atoms with Gasteiger partial charge in [-0.05, 0) is 42.3 Å². The van der Waals surface area contributed by atoms with Crippen LogP contribution in [0.25, 0.3) is 0 Å².